The summed E-state index contributed by atoms with van der Waals surface area (Å²) < 4.78 is 29.2. The van der Waals surface area contributed by atoms with E-state index in [2.05, 4.69) is 24.0 Å². The highest BCUT2D eigenvalue weighted by Gasteiger charge is 2.20. The van der Waals surface area contributed by atoms with Gasteiger partial charge in [0.05, 0.1) is 11.4 Å². The fraction of sp³-hybridized carbons (Fsp3) is 0.630. The lowest BCUT2D eigenvalue weighted by atomic mass is 9.79. The first-order valence-electron chi connectivity index (χ1n) is 12.4. The zero-order chi connectivity index (χ0) is 22.1. The average molecular weight is 429 g/mol. The Morgan fingerprint density at radius 2 is 1.52 bits per heavy atom. The van der Waals surface area contributed by atoms with Crippen LogP contribution >= 0.6 is 0 Å². The standard InChI is InChI=1S/C27H38F2N2/c1-3-5-6-7-8-9-22-15-18-24(27(29)26(22)28)25-19-17-23(30-31-25)16-14-21-12-10-20(4-2)11-13-21/h15,17-21H,3-14,16H2,1-2H3. The number of rotatable bonds is 11. The Labute approximate surface area is 186 Å². The van der Waals surface area contributed by atoms with Gasteiger partial charge in [-0.3, -0.25) is 0 Å². The quantitative estimate of drug-likeness (QED) is 0.338. The van der Waals surface area contributed by atoms with Gasteiger partial charge in [0.2, 0.25) is 0 Å². The molecule has 1 fully saturated rings. The maximum Gasteiger partial charge on any atom is 0.168 e. The second-order valence-corrected chi connectivity index (χ2v) is 9.31. The number of hydrogen-bond donors (Lipinski definition) is 0. The summed E-state index contributed by atoms with van der Waals surface area (Å²) in [5.74, 6) is 0.158. The van der Waals surface area contributed by atoms with Crippen molar-refractivity contribution in [2.24, 2.45) is 11.8 Å². The van der Waals surface area contributed by atoms with Gasteiger partial charge in [0.25, 0.3) is 0 Å². The fourth-order valence-corrected chi connectivity index (χ4v) is 4.82. The number of nitrogens with zero attached hydrogens (tertiary/aromatic N) is 2. The third kappa shape index (κ3) is 6.82. The van der Waals surface area contributed by atoms with Crippen LogP contribution in [0.15, 0.2) is 24.3 Å². The van der Waals surface area contributed by atoms with Crippen molar-refractivity contribution < 1.29 is 8.78 Å². The summed E-state index contributed by atoms with van der Waals surface area (Å²) in [5, 5.41) is 8.51. The van der Waals surface area contributed by atoms with Crippen molar-refractivity contribution in [2.75, 3.05) is 0 Å². The summed E-state index contributed by atoms with van der Waals surface area (Å²) in [5.41, 5.74) is 1.99. The summed E-state index contributed by atoms with van der Waals surface area (Å²) in [6, 6.07) is 7.04. The van der Waals surface area contributed by atoms with Crippen LogP contribution in [0.25, 0.3) is 11.3 Å². The molecule has 1 saturated carbocycles. The predicted octanol–water partition coefficient (Wildman–Crippen LogP) is 8.08. The average Bonchev–Trinajstić information content (AvgIpc) is 2.81. The molecule has 0 bridgehead atoms. The SMILES string of the molecule is CCCCCCCc1ccc(-c2ccc(CCC3CCC(CC)CC3)nn2)c(F)c1F. The molecule has 170 valence electrons. The Balaban J connectivity index is 1.54. The summed E-state index contributed by atoms with van der Waals surface area (Å²) in [6.45, 7) is 4.46. The van der Waals surface area contributed by atoms with Gasteiger partial charge in [0.15, 0.2) is 11.6 Å². The van der Waals surface area contributed by atoms with Crippen molar-refractivity contribution in [3.05, 3.63) is 47.2 Å². The van der Waals surface area contributed by atoms with E-state index in [-0.39, 0.29) is 5.56 Å². The number of aromatic nitrogens is 2. The molecule has 4 heteroatoms. The van der Waals surface area contributed by atoms with E-state index in [1.165, 1.54) is 44.9 Å². The molecule has 1 aromatic carbocycles. The molecule has 0 atom stereocenters. The van der Waals surface area contributed by atoms with Gasteiger partial charge in [-0.1, -0.05) is 77.7 Å². The molecule has 0 aliphatic heterocycles. The highest BCUT2D eigenvalue weighted by Crippen LogP contribution is 2.33. The van der Waals surface area contributed by atoms with Gasteiger partial charge in [0.1, 0.15) is 0 Å². The number of benzene rings is 1. The fourth-order valence-electron chi connectivity index (χ4n) is 4.82. The van der Waals surface area contributed by atoms with Gasteiger partial charge in [-0.15, -0.1) is 0 Å². The molecule has 1 aliphatic carbocycles. The Morgan fingerprint density at radius 1 is 0.774 bits per heavy atom. The predicted molar refractivity (Wildman–Crippen MR) is 124 cm³/mol. The van der Waals surface area contributed by atoms with Crippen LogP contribution in [0.3, 0.4) is 0 Å². The minimum atomic E-state index is -0.805. The van der Waals surface area contributed by atoms with Crippen LogP contribution < -0.4 is 0 Å². The lowest BCUT2D eigenvalue weighted by Crippen LogP contribution is -2.14. The van der Waals surface area contributed by atoms with E-state index in [1.807, 2.05) is 6.07 Å². The first-order valence-corrected chi connectivity index (χ1v) is 12.4. The second-order valence-electron chi connectivity index (χ2n) is 9.31. The van der Waals surface area contributed by atoms with Crippen molar-refractivity contribution in [2.45, 2.75) is 97.3 Å². The first-order chi connectivity index (χ1) is 15.1. The Bertz CT molecular complexity index is 796. The smallest absolute Gasteiger partial charge is 0.168 e. The van der Waals surface area contributed by atoms with Crippen LogP contribution in [0, 0.1) is 23.5 Å². The second kappa shape index (κ2) is 12.3. The third-order valence-corrected chi connectivity index (χ3v) is 7.06. The highest BCUT2D eigenvalue weighted by atomic mass is 19.2. The van der Waals surface area contributed by atoms with Crippen LogP contribution in [-0.2, 0) is 12.8 Å². The van der Waals surface area contributed by atoms with Gasteiger partial charge in [-0.2, -0.15) is 10.2 Å². The molecule has 31 heavy (non-hydrogen) atoms. The topological polar surface area (TPSA) is 25.8 Å². The molecule has 0 spiro atoms. The maximum absolute atomic E-state index is 14.7. The molecular weight excluding hydrogens is 390 g/mol. The summed E-state index contributed by atoms with van der Waals surface area (Å²) in [6.07, 6.45) is 14.8. The summed E-state index contributed by atoms with van der Waals surface area (Å²) in [4.78, 5) is 0. The van der Waals surface area contributed by atoms with E-state index in [4.69, 9.17) is 0 Å². The molecule has 0 N–H and O–H groups in total. The van der Waals surface area contributed by atoms with Gasteiger partial charge in [0, 0.05) is 5.56 Å². The van der Waals surface area contributed by atoms with Crippen molar-refractivity contribution in [3.8, 4) is 11.3 Å². The van der Waals surface area contributed by atoms with Crippen molar-refractivity contribution in [1.29, 1.82) is 0 Å². The Kier molecular flexibility index (Phi) is 9.42. The van der Waals surface area contributed by atoms with Crippen LogP contribution in [0.2, 0.25) is 0 Å². The van der Waals surface area contributed by atoms with Gasteiger partial charge in [-0.25, -0.2) is 8.78 Å². The molecule has 0 amide bonds. The van der Waals surface area contributed by atoms with Crippen molar-refractivity contribution in [3.63, 3.8) is 0 Å². The number of halogens is 2. The zero-order valence-corrected chi connectivity index (χ0v) is 19.3. The number of aryl methyl sites for hydroxylation is 2. The van der Waals surface area contributed by atoms with Crippen LogP contribution in [-0.4, -0.2) is 10.2 Å². The minimum Gasteiger partial charge on any atom is -0.203 e. The van der Waals surface area contributed by atoms with Gasteiger partial charge < -0.3 is 0 Å². The number of hydrogen-bond acceptors (Lipinski definition) is 2. The van der Waals surface area contributed by atoms with Crippen molar-refractivity contribution >= 4 is 0 Å². The molecular formula is C27H38F2N2. The van der Waals surface area contributed by atoms with Crippen LogP contribution in [0.4, 0.5) is 8.78 Å². The monoisotopic (exact) mass is 428 g/mol. The lowest BCUT2D eigenvalue weighted by Gasteiger charge is -2.27. The van der Waals surface area contributed by atoms with E-state index in [1.54, 1.807) is 18.2 Å². The van der Waals surface area contributed by atoms with Crippen LogP contribution in [0.5, 0.6) is 0 Å². The van der Waals surface area contributed by atoms with Crippen molar-refractivity contribution in [1.82, 2.24) is 10.2 Å². The molecule has 1 heterocycles. The normalized spacial score (nSPS) is 19.0. The van der Waals surface area contributed by atoms with E-state index < -0.39 is 11.6 Å². The third-order valence-electron chi connectivity index (χ3n) is 7.06. The van der Waals surface area contributed by atoms with Crippen LogP contribution in [0.1, 0.15) is 95.7 Å². The van der Waals surface area contributed by atoms with E-state index in [0.717, 1.165) is 49.6 Å². The van der Waals surface area contributed by atoms with Gasteiger partial charge in [-0.05, 0) is 61.3 Å². The Morgan fingerprint density at radius 3 is 2.19 bits per heavy atom. The number of unbranched alkanes of at least 4 members (excludes halogenated alkanes) is 4. The molecule has 2 nitrogen and oxygen atoms in total. The largest absolute Gasteiger partial charge is 0.203 e. The van der Waals surface area contributed by atoms with E-state index >= 15 is 0 Å². The molecule has 3 rings (SSSR count). The minimum absolute atomic E-state index is 0.198. The molecule has 1 aliphatic rings. The molecule has 1 aromatic heterocycles. The molecule has 0 unspecified atom stereocenters. The van der Waals surface area contributed by atoms with Gasteiger partial charge >= 0.3 is 0 Å². The molecule has 0 saturated heterocycles. The first kappa shape index (κ1) is 23.8. The molecule has 2 aromatic rings. The lowest BCUT2D eigenvalue weighted by molar-refractivity contribution is 0.258. The summed E-state index contributed by atoms with van der Waals surface area (Å²) in [7, 11) is 0. The maximum atomic E-state index is 14.7. The molecule has 0 radical (unpaired) electrons. The Hall–Kier alpha value is -1.84. The zero-order valence-electron chi connectivity index (χ0n) is 19.3. The highest BCUT2D eigenvalue weighted by molar-refractivity contribution is 5.60. The summed E-state index contributed by atoms with van der Waals surface area (Å²) >= 11 is 0. The van der Waals surface area contributed by atoms with E-state index in [0.29, 0.717) is 17.7 Å². The van der Waals surface area contributed by atoms with E-state index in [9.17, 15) is 8.78 Å².